The van der Waals surface area contributed by atoms with Gasteiger partial charge >= 0.3 is 6.03 Å². The monoisotopic (exact) mass is 297 g/mol. The molecule has 110 valence electrons. The number of rotatable bonds is 5. The molecular weight excluding hydrogens is 278 g/mol. The Hall–Kier alpha value is -1.59. The third-order valence-electron chi connectivity index (χ3n) is 2.84. The minimum Gasteiger partial charge on any atom is -0.338 e. The van der Waals surface area contributed by atoms with E-state index in [-0.39, 0.29) is 11.9 Å². The summed E-state index contributed by atoms with van der Waals surface area (Å²) in [5, 5.41) is 8.52. The second-order valence-corrected chi connectivity index (χ2v) is 4.89. The maximum Gasteiger partial charge on any atom is 0.321 e. The van der Waals surface area contributed by atoms with E-state index in [4.69, 9.17) is 11.6 Å². The van der Waals surface area contributed by atoms with Crippen LogP contribution in [0, 0.1) is 0 Å². The lowest BCUT2D eigenvalue weighted by molar-refractivity contribution is -0.121. The summed E-state index contributed by atoms with van der Waals surface area (Å²) in [4.78, 5) is 23.1. The third-order valence-corrected chi connectivity index (χ3v) is 3.18. The fourth-order valence-corrected chi connectivity index (χ4v) is 2.09. The van der Waals surface area contributed by atoms with Crippen molar-refractivity contribution in [3.05, 3.63) is 34.9 Å². The van der Waals surface area contributed by atoms with Crippen LogP contribution in [-0.4, -0.2) is 24.5 Å². The maximum atomic E-state index is 11.8. The van der Waals surface area contributed by atoms with Crippen LogP contribution in [0.25, 0.3) is 0 Å². The number of nitrogens with one attached hydrogen (secondary N) is 3. The van der Waals surface area contributed by atoms with E-state index >= 15 is 0 Å². The zero-order valence-electron chi connectivity index (χ0n) is 11.9. The van der Waals surface area contributed by atoms with E-state index < -0.39 is 12.1 Å². The van der Waals surface area contributed by atoms with Gasteiger partial charge < -0.3 is 5.32 Å². The van der Waals surface area contributed by atoms with E-state index in [0.717, 1.165) is 5.56 Å². The van der Waals surface area contributed by atoms with Crippen molar-refractivity contribution in [1.82, 2.24) is 16.0 Å². The molecule has 0 spiro atoms. The van der Waals surface area contributed by atoms with E-state index in [2.05, 4.69) is 16.0 Å². The molecule has 6 heteroatoms. The van der Waals surface area contributed by atoms with E-state index in [0.29, 0.717) is 11.6 Å². The molecule has 1 aromatic rings. The van der Waals surface area contributed by atoms with Gasteiger partial charge in [0.2, 0.25) is 5.91 Å². The van der Waals surface area contributed by atoms with Gasteiger partial charge in [-0.1, -0.05) is 29.8 Å². The maximum absolute atomic E-state index is 11.8. The molecule has 0 aromatic heterocycles. The summed E-state index contributed by atoms with van der Waals surface area (Å²) in [7, 11) is 0. The van der Waals surface area contributed by atoms with Crippen LogP contribution in [0.1, 0.15) is 32.4 Å². The number of carbonyl (C=O) groups excluding carboxylic acids is 2. The Labute approximate surface area is 124 Å². The number of benzene rings is 1. The van der Waals surface area contributed by atoms with Crippen LogP contribution in [0.4, 0.5) is 4.79 Å². The lowest BCUT2D eigenvalue weighted by Gasteiger charge is -2.20. The summed E-state index contributed by atoms with van der Waals surface area (Å²) < 4.78 is 0. The standard InChI is InChI=1S/C14H20ClN3O2/c1-4-16-14(20)18-13(19)10(3)17-9(2)11-7-5-6-8-12(11)15/h5-10,17H,4H2,1-3H3,(H2,16,18,19,20). The fourth-order valence-electron chi connectivity index (χ4n) is 1.79. The molecule has 0 saturated heterocycles. The number of halogens is 1. The second kappa shape index (κ2) is 7.87. The smallest absolute Gasteiger partial charge is 0.321 e. The molecule has 0 radical (unpaired) electrons. The summed E-state index contributed by atoms with van der Waals surface area (Å²) in [6, 6.07) is 6.34. The van der Waals surface area contributed by atoms with Crippen molar-refractivity contribution in [3.63, 3.8) is 0 Å². The quantitative estimate of drug-likeness (QED) is 0.780. The molecule has 0 heterocycles. The van der Waals surface area contributed by atoms with Gasteiger partial charge in [0.1, 0.15) is 0 Å². The van der Waals surface area contributed by atoms with Crippen LogP contribution >= 0.6 is 11.6 Å². The van der Waals surface area contributed by atoms with Crippen molar-refractivity contribution in [2.24, 2.45) is 0 Å². The predicted octanol–water partition coefficient (Wildman–Crippen LogP) is 2.22. The molecule has 1 rings (SSSR count). The van der Waals surface area contributed by atoms with E-state index in [9.17, 15) is 9.59 Å². The van der Waals surface area contributed by atoms with Crippen molar-refractivity contribution >= 4 is 23.5 Å². The number of carbonyl (C=O) groups is 2. The van der Waals surface area contributed by atoms with Gasteiger partial charge in [-0.25, -0.2) is 4.79 Å². The summed E-state index contributed by atoms with van der Waals surface area (Å²) in [6.45, 7) is 5.86. The molecule has 20 heavy (non-hydrogen) atoms. The summed E-state index contributed by atoms with van der Waals surface area (Å²) in [5.74, 6) is -0.380. The van der Waals surface area contributed by atoms with Gasteiger partial charge in [-0.05, 0) is 32.4 Å². The second-order valence-electron chi connectivity index (χ2n) is 4.48. The first-order valence-corrected chi connectivity index (χ1v) is 6.92. The highest BCUT2D eigenvalue weighted by molar-refractivity contribution is 6.31. The molecule has 2 atom stereocenters. The molecular formula is C14H20ClN3O2. The first kappa shape index (κ1) is 16.5. The lowest BCUT2D eigenvalue weighted by Crippen LogP contribution is -2.48. The molecule has 0 saturated carbocycles. The van der Waals surface area contributed by atoms with Crippen LogP contribution in [0.5, 0.6) is 0 Å². The Bertz CT molecular complexity index is 479. The van der Waals surface area contributed by atoms with Crippen molar-refractivity contribution in [3.8, 4) is 0 Å². The van der Waals surface area contributed by atoms with E-state index in [1.54, 1.807) is 19.9 Å². The van der Waals surface area contributed by atoms with Gasteiger partial charge in [0.05, 0.1) is 6.04 Å². The number of imide groups is 1. The van der Waals surface area contributed by atoms with Crippen molar-refractivity contribution in [2.45, 2.75) is 32.9 Å². The van der Waals surface area contributed by atoms with E-state index in [1.807, 2.05) is 25.1 Å². The number of hydrogen-bond donors (Lipinski definition) is 3. The van der Waals surface area contributed by atoms with Gasteiger partial charge in [0, 0.05) is 17.6 Å². The Morgan fingerprint density at radius 1 is 1.25 bits per heavy atom. The van der Waals surface area contributed by atoms with Crippen LogP contribution in [0.15, 0.2) is 24.3 Å². The van der Waals surface area contributed by atoms with Crippen LogP contribution in [0.2, 0.25) is 5.02 Å². The number of urea groups is 1. The molecule has 1 aromatic carbocycles. The van der Waals surface area contributed by atoms with Crippen LogP contribution in [0.3, 0.4) is 0 Å². The number of amides is 3. The highest BCUT2D eigenvalue weighted by Crippen LogP contribution is 2.22. The minimum atomic E-state index is -0.510. The third kappa shape index (κ3) is 4.83. The molecule has 0 aliphatic heterocycles. The summed E-state index contributed by atoms with van der Waals surface area (Å²) >= 11 is 6.10. The van der Waals surface area contributed by atoms with Crippen LogP contribution < -0.4 is 16.0 Å². The molecule has 2 unspecified atom stereocenters. The zero-order chi connectivity index (χ0) is 15.1. The minimum absolute atomic E-state index is 0.0984. The normalized spacial score (nSPS) is 13.4. The molecule has 0 fully saturated rings. The molecule has 5 nitrogen and oxygen atoms in total. The SMILES string of the molecule is CCNC(=O)NC(=O)C(C)NC(C)c1ccccc1Cl. The number of hydrogen-bond acceptors (Lipinski definition) is 3. The van der Waals surface area contributed by atoms with Gasteiger partial charge in [-0.3, -0.25) is 15.4 Å². The topological polar surface area (TPSA) is 70.2 Å². The van der Waals surface area contributed by atoms with Crippen molar-refractivity contribution in [1.29, 1.82) is 0 Å². The zero-order valence-corrected chi connectivity index (χ0v) is 12.6. The van der Waals surface area contributed by atoms with E-state index in [1.165, 1.54) is 0 Å². The first-order valence-electron chi connectivity index (χ1n) is 6.54. The highest BCUT2D eigenvalue weighted by Gasteiger charge is 2.19. The van der Waals surface area contributed by atoms with Gasteiger partial charge in [0.15, 0.2) is 0 Å². The molecule has 3 N–H and O–H groups in total. The summed E-state index contributed by atoms with van der Waals surface area (Å²) in [5.41, 5.74) is 0.909. The molecule has 0 aliphatic carbocycles. The van der Waals surface area contributed by atoms with Gasteiger partial charge in [-0.15, -0.1) is 0 Å². The van der Waals surface area contributed by atoms with Gasteiger partial charge in [0.25, 0.3) is 0 Å². The Morgan fingerprint density at radius 3 is 2.50 bits per heavy atom. The molecule has 3 amide bonds. The molecule has 0 bridgehead atoms. The van der Waals surface area contributed by atoms with Crippen molar-refractivity contribution in [2.75, 3.05) is 6.54 Å². The van der Waals surface area contributed by atoms with Gasteiger partial charge in [-0.2, -0.15) is 0 Å². The highest BCUT2D eigenvalue weighted by atomic mass is 35.5. The van der Waals surface area contributed by atoms with Crippen LogP contribution in [-0.2, 0) is 4.79 Å². The molecule has 0 aliphatic rings. The Morgan fingerprint density at radius 2 is 1.90 bits per heavy atom. The summed E-state index contributed by atoms with van der Waals surface area (Å²) in [6.07, 6.45) is 0. The average Bonchev–Trinajstić information content (AvgIpc) is 2.39. The average molecular weight is 298 g/mol. The predicted molar refractivity (Wildman–Crippen MR) is 79.7 cm³/mol. The first-order chi connectivity index (χ1) is 9.45. The van der Waals surface area contributed by atoms with Crippen molar-refractivity contribution < 1.29 is 9.59 Å². The lowest BCUT2D eigenvalue weighted by atomic mass is 10.1. The Kier molecular flexibility index (Phi) is 6.48. The Balaban J connectivity index is 2.57. The fraction of sp³-hybridized carbons (Fsp3) is 0.429. The largest absolute Gasteiger partial charge is 0.338 e.